The van der Waals surface area contributed by atoms with E-state index in [-0.39, 0.29) is 5.91 Å². The summed E-state index contributed by atoms with van der Waals surface area (Å²) >= 11 is 6.22. The molecule has 1 atom stereocenters. The van der Waals surface area contributed by atoms with Crippen LogP contribution >= 0.6 is 11.6 Å². The van der Waals surface area contributed by atoms with Crippen LogP contribution in [0.15, 0.2) is 36.5 Å². The van der Waals surface area contributed by atoms with Gasteiger partial charge in [0.1, 0.15) is 5.82 Å². The van der Waals surface area contributed by atoms with Gasteiger partial charge in [0.25, 0.3) is 5.91 Å². The van der Waals surface area contributed by atoms with Crippen molar-refractivity contribution in [3.8, 4) is 5.69 Å². The fourth-order valence-electron chi connectivity index (χ4n) is 3.33. The van der Waals surface area contributed by atoms with E-state index in [1.807, 2.05) is 36.7 Å². The first kappa shape index (κ1) is 17.8. The third-order valence-corrected chi connectivity index (χ3v) is 5.73. The summed E-state index contributed by atoms with van der Waals surface area (Å²) in [5, 5.41) is 12.5. The minimum atomic E-state index is -0.155. The lowest BCUT2D eigenvalue weighted by Gasteiger charge is -2.15. The zero-order valence-corrected chi connectivity index (χ0v) is 16.4. The van der Waals surface area contributed by atoms with Gasteiger partial charge in [-0.3, -0.25) is 4.79 Å². The Morgan fingerprint density at radius 2 is 1.93 bits per heavy atom. The molecule has 1 N–H and O–H groups in total. The van der Waals surface area contributed by atoms with E-state index in [1.165, 1.54) is 12.8 Å². The zero-order valence-electron chi connectivity index (χ0n) is 15.6. The van der Waals surface area contributed by atoms with Crippen molar-refractivity contribution in [2.75, 3.05) is 5.32 Å². The highest BCUT2D eigenvalue weighted by atomic mass is 35.5. The van der Waals surface area contributed by atoms with Gasteiger partial charge in [0.05, 0.1) is 34.3 Å². The number of hydrogen-bond acceptors (Lipinski definition) is 3. The molecule has 2 heterocycles. The van der Waals surface area contributed by atoms with Gasteiger partial charge in [-0.15, -0.1) is 0 Å². The number of carbonyl (C=O) groups excluding carboxylic acids is 1. The normalized spacial score (nSPS) is 15.0. The van der Waals surface area contributed by atoms with E-state index >= 15 is 0 Å². The molecular weight excluding hydrogens is 362 g/mol. The van der Waals surface area contributed by atoms with Crippen molar-refractivity contribution in [1.82, 2.24) is 19.6 Å². The van der Waals surface area contributed by atoms with E-state index in [0.717, 1.165) is 22.9 Å². The number of benzene rings is 1. The number of halogens is 1. The number of aromatic nitrogens is 4. The maximum atomic E-state index is 12.6. The van der Waals surface area contributed by atoms with E-state index in [9.17, 15) is 4.79 Å². The summed E-state index contributed by atoms with van der Waals surface area (Å²) in [6.45, 7) is 5.94. The smallest absolute Gasteiger partial charge is 0.256 e. The molecule has 1 aromatic carbocycles. The van der Waals surface area contributed by atoms with Crippen molar-refractivity contribution in [1.29, 1.82) is 0 Å². The van der Waals surface area contributed by atoms with Crippen LogP contribution in [0, 0.1) is 19.8 Å². The van der Waals surface area contributed by atoms with Gasteiger partial charge in [-0.25, -0.2) is 9.36 Å². The molecule has 1 fully saturated rings. The number of carbonyl (C=O) groups is 1. The molecule has 0 saturated heterocycles. The largest absolute Gasteiger partial charge is 0.307 e. The molecule has 0 aliphatic heterocycles. The molecule has 3 aromatic rings. The number of nitrogens with one attached hydrogen (secondary N) is 1. The highest BCUT2D eigenvalue weighted by Crippen LogP contribution is 2.40. The highest BCUT2D eigenvalue weighted by molar-refractivity contribution is 6.31. The first-order chi connectivity index (χ1) is 13.0. The molecule has 1 aliphatic rings. The van der Waals surface area contributed by atoms with Crippen molar-refractivity contribution in [3.63, 3.8) is 0 Å². The zero-order chi connectivity index (χ0) is 19.1. The Kier molecular flexibility index (Phi) is 4.52. The fraction of sp³-hybridized carbons (Fsp3) is 0.350. The molecule has 1 saturated carbocycles. The first-order valence-corrected chi connectivity index (χ1v) is 9.50. The molecule has 27 heavy (non-hydrogen) atoms. The number of nitrogens with zero attached hydrogens (tertiary/aromatic N) is 4. The molecule has 0 radical (unpaired) electrons. The number of anilines is 1. The second-order valence-electron chi connectivity index (χ2n) is 7.14. The molecule has 1 aliphatic carbocycles. The Labute approximate surface area is 163 Å². The number of amides is 1. The minimum Gasteiger partial charge on any atom is -0.307 e. The predicted molar refractivity (Wildman–Crippen MR) is 106 cm³/mol. The van der Waals surface area contributed by atoms with Gasteiger partial charge in [-0.05, 0) is 63.8 Å². The Hall–Kier alpha value is -2.60. The van der Waals surface area contributed by atoms with Gasteiger partial charge >= 0.3 is 0 Å². The van der Waals surface area contributed by atoms with E-state index in [1.54, 1.807) is 23.0 Å². The van der Waals surface area contributed by atoms with Crippen LogP contribution < -0.4 is 5.32 Å². The van der Waals surface area contributed by atoms with E-state index in [0.29, 0.717) is 22.5 Å². The number of rotatable bonds is 5. The SMILES string of the molecule is Cc1nn(-c2ccc(C(=O)Nc3ccnn3C(C)C3CC3)cc2)c(C)c1Cl. The summed E-state index contributed by atoms with van der Waals surface area (Å²) in [6, 6.07) is 9.46. The summed E-state index contributed by atoms with van der Waals surface area (Å²) in [5.41, 5.74) is 3.11. The van der Waals surface area contributed by atoms with E-state index in [2.05, 4.69) is 22.4 Å². The van der Waals surface area contributed by atoms with E-state index in [4.69, 9.17) is 11.6 Å². The standard InChI is InChI=1S/C20H22ClN5O/c1-12-19(21)14(3)25(24-12)17-8-6-16(7-9-17)20(27)23-18-10-11-22-26(18)13(2)15-4-5-15/h6-11,13,15H,4-5H2,1-3H3,(H,23,27). The molecule has 1 amide bonds. The summed E-state index contributed by atoms with van der Waals surface area (Å²) in [6.07, 6.45) is 4.18. The second kappa shape index (κ2) is 6.85. The van der Waals surface area contributed by atoms with Gasteiger partial charge in [0, 0.05) is 11.6 Å². The Balaban J connectivity index is 1.52. The molecule has 2 aromatic heterocycles. The molecule has 7 heteroatoms. The Morgan fingerprint density at radius 3 is 2.52 bits per heavy atom. The molecule has 1 unspecified atom stereocenters. The summed E-state index contributed by atoms with van der Waals surface area (Å²) in [5.74, 6) is 1.24. The Bertz CT molecular complexity index is 984. The second-order valence-corrected chi connectivity index (χ2v) is 7.51. The van der Waals surface area contributed by atoms with Crippen molar-refractivity contribution in [2.45, 2.75) is 39.7 Å². The summed E-state index contributed by atoms with van der Waals surface area (Å²) in [7, 11) is 0. The van der Waals surface area contributed by atoms with E-state index < -0.39 is 0 Å². The number of aryl methyl sites for hydroxylation is 1. The fourth-order valence-corrected chi connectivity index (χ4v) is 3.45. The average molecular weight is 384 g/mol. The molecule has 4 rings (SSSR count). The monoisotopic (exact) mass is 383 g/mol. The molecule has 140 valence electrons. The van der Waals surface area contributed by atoms with Crippen molar-refractivity contribution in [2.24, 2.45) is 5.92 Å². The maximum Gasteiger partial charge on any atom is 0.256 e. The summed E-state index contributed by atoms with van der Waals surface area (Å²) < 4.78 is 3.69. The first-order valence-electron chi connectivity index (χ1n) is 9.12. The lowest BCUT2D eigenvalue weighted by molar-refractivity contribution is 0.102. The Morgan fingerprint density at radius 1 is 1.22 bits per heavy atom. The third kappa shape index (κ3) is 3.37. The van der Waals surface area contributed by atoms with Gasteiger partial charge in [0.2, 0.25) is 0 Å². The predicted octanol–water partition coefficient (Wildman–Crippen LogP) is 4.56. The summed E-state index contributed by atoms with van der Waals surface area (Å²) in [4.78, 5) is 12.6. The topological polar surface area (TPSA) is 64.7 Å². The van der Waals surface area contributed by atoms with Gasteiger partial charge in [-0.2, -0.15) is 10.2 Å². The van der Waals surface area contributed by atoms with Crippen LogP contribution in [0.3, 0.4) is 0 Å². The van der Waals surface area contributed by atoms with Gasteiger partial charge < -0.3 is 5.32 Å². The maximum absolute atomic E-state index is 12.6. The van der Waals surface area contributed by atoms with Crippen LogP contribution in [0.25, 0.3) is 5.69 Å². The van der Waals surface area contributed by atoms with Crippen LogP contribution in [0.2, 0.25) is 5.02 Å². The van der Waals surface area contributed by atoms with Crippen LogP contribution in [0.4, 0.5) is 5.82 Å². The van der Waals surface area contributed by atoms with Gasteiger partial charge in [0.15, 0.2) is 0 Å². The lowest BCUT2D eigenvalue weighted by Crippen LogP contribution is -2.18. The minimum absolute atomic E-state index is 0.155. The van der Waals surface area contributed by atoms with Crippen molar-refractivity contribution >= 4 is 23.3 Å². The molecule has 6 nitrogen and oxygen atoms in total. The molecule has 0 bridgehead atoms. The van der Waals surface area contributed by atoms with Crippen molar-refractivity contribution in [3.05, 3.63) is 58.5 Å². The van der Waals surface area contributed by atoms with Crippen molar-refractivity contribution < 1.29 is 4.79 Å². The molecular formula is C20H22ClN5O. The van der Waals surface area contributed by atoms with Crippen LogP contribution in [0.1, 0.15) is 47.6 Å². The lowest BCUT2D eigenvalue weighted by atomic mass is 10.2. The third-order valence-electron chi connectivity index (χ3n) is 5.18. The number of hydrogen-bond donors (Lipinski definition) is 1. The van der Waals surface area contributed by atoms with Gasteiger partial charge in [-0.1, -0.05) is 11.6 Å². The van der Waals surface area contributed by atoms with Crippen LogP contribution in [-0.2, 0) is 0 Å². The quantitative estimate of drug-likeness (QED) is 0.702. The molecule has 0 spiro atoms. The highest BCUT2D eigenvalue weighted by Gasteiger charge is 2.30. The average Bonchev–Trinajstić information content (AvgIpc) is 3.38. The van der Waals surface area contributed by atoms with Crippen LogP contribution in [-0.4, -0.2) is 25.5 Å². The van der Waals surface area contributed by atoms with Crippen LogP contribution in [0.5, 0.6) is 0 Å².